The van der Waals surface area contributed by atoms with Gasteiger partial charge in [-0.1, -0.05) is 24.3 Å². The molecule has 0 aliphatic carbocycles. The van der Waals surface area contributed by atoms with Gasteiger partial charge in [0.1, 0.15) is 0 Å². The first kappa shape index (κ1) is 16.9. The van der Waals surface area contributed by atoms with Crippen LogP contribution in [0.15, 0.2) is 82.3 Å². The maximum absolute atomic E-state index is 11.0. The molecule has 0 saturated heterocycles. The van der Waals surface area contributed by atoms with Gasteiger partial charge in [-0.3, -0.25) is 15.1 Å². The number of nitro benzene ring substituents is 1. The Balaban J connectivity index is 1.72. The first-order valence-electron chi connectivity index (χ1n) is 7.52. The zero-order chi connectivity index (χ0) is 17.6. The molecule has 0 heterocycles. The molecule has 0 radical (unpaired) electrons. The maximum atomic E-state index is 11.0. The summed E-state index contributed by atoms with van der Waals surface area (Å²) in [7, 11) is 0. The van der Waals surface area contributed by atoms with Crippen LogP contribution in [0.1, 0.15) is 5.56 Å². The van der Waals surface area contributed by atoms with E-state index in [0.717, 1.165) is 17.1 Å². The fourth-order valence-electron chi connectivity index (χ4n) is 2.22. The van der Waals surface area contributed by atoms with Gasteiger partial charge in [0, 0.05) is 23.7 Å². The van der Waals surface area contributed by atoms with Crippen LogP contribution in [0.5, 0.6) is 0 Å². The predicted molar refractivity (Wildman–Crippen MR) is 104 cm³/mol. The summed E-state index contributed by atoms with van der Waals surface area (Å²) in [5, 5.41) is 14.3. The Morgan fingerprint density at radius 2 is 1.64 bits per heavy atom. The lowest BCUT2D eigenvalue weighted by atomic mass is 10.2. The van der Waals surface area contributed by atoms with E-state index >= 15 is 0 Å². The third-order valence-electron chi connectivity index (χ3n) is 3.46. The fraction of sp³-hybridized carbons (Fsp3) is 0. The number of hydrogen-bond donors (Lipinski definition) is 1. The maximum Gasteiger partial charge on any atom is 0.284 e. The van der Waals surface area contributed by atoms with E-state index in [1.54, 1.807) is 18.3 Å². The molecule has 124 valence electrons. The molecule has 0 atom stereocenters. The molecule has 0 fully saturated rings. The molecule has 0 spiro atoms. The first-order chi connectivity index (χ1) is 12.1. The molecule has 0 aliphatic heterocycles. The summed E-state index contributed by atoms with van der Waals surface area (Å²) in [6.07, 6.45) is 1.61. The zero-order valence-electron chi connectivity index (χ0n) is 13.1. The van der Waals surface area contributed by atoms with E-state index in [9.17, 15) is 10.1 Å². The lowest BCUT2D eigenvalue weighted by Crippen LogP contribution is -1.91. The minimum Gasteiger partial charge on any atom is -0.356 e. The van der Waals surface area contributed by atoms with E-state index in [-0.39, 0.29) is 5.69 Å². The Morgan fingerprint density at radius 3 is 2.32 bits per heavy atom. The number of anilines is 2. The van der Waals surface area contributed by atoms with E-state index in [0.29, 0.717) is 10.0 Å². The van der Waals surface area contributed by atoms with E-state index in [1.807, 2.05) is 54.6 Å². The summed E-state index contributed by atoms with van der Waals surface area (Å²) >= 11 is 3.17. The topological polar surface area (TPSA) is 67.5 Å². The van der Waals surface area contributed by atoms with Gasteiger partial charge in [-0.25, -0.2) is 0 Å². The Labute approximate surface area is 153 Å². The largest absolute Gasteiger partial charge is 0.356 e. The molecule has 6 heteroatoms. The number of nitrogens with one attached hydrogen (secondary N) is 1. The third kappa shape index (κ3) is 4.51. The summed E-state index contributed by atoms with van der Waals surface area (Å²) in [6.45, 7) is 0. The molecule has 0 aliphatic rings. The Kier molecular flexibility index (Phi) is 5.20. The van der Waals surface area contributed by atoms with Gasteiger partial charge in [-0.2, -0.15) is 0 Å². The summed E-state index contributed by atoms with van der Waals surface area (Å²) in [5.74, 6) is 0. The number of nitrogens with zero attached hydrogens (tertiary/aromatic N) is 2. The highest BCUT2D eigenvalue weighted by molar-refractivity contribution is 9.10. The van der Waals surface area contributed by atoms with E-state index in [2.05, 4.69) is 26.2 Å². The van der Waals surface area contributed by atoms with Crippen molar-refractivity contribution >= 4 is 44.9 Å². The number of benzene rings is 3. The summed E-state index contributed by atoms with van der Waals surface area (Å²) in [4.78, 5) is 14.9. The summed E-state index contributed by atoms with van der Waals surface area (Å²) in [5.41, 5.74) is 3.43. The Bertz CT molecular complexity index is 910. The van der Waals surface area contributed by atoms with E-state index < -0.39 is 4.92 Å². The van der Waals surface area contributed by atoms with Crippen LogP contribution in [0, 0.1) is 10.1 Å². The second-order valence-electron chi connectivity index (χ2n) is 5.26. The van der Waals surface area contributed by atoms with Crippen molar-refractivity contribution in [3.05, 3.63) is 92.9 Å². The number of para-hydroxylation sites is 1. The number of aliphatic imine (C=N–C) groups is 1. The second-order valence-corrected chi connectivity index (χ2v) is 6.12. The quantitative estimate of drug-likeness (QED) is 0.334. The molecule has 0 unspecified atom stereocenters. The highest BCUT2D eigenvalue weighted by Crippen LogP contribution is 2.25. The van der Waals surface area contributed by atoms with Crippen LogP contribution in [0.3, 0.4) is 0 Å². The van der Waals surface area contributed by atoms with Gasteiger partial charge in [0.2, 0.25) is 0 Å². The van der Waals surface area contributed by atoms with Crippen molar-refractivity contribution in [2.24, 2.45) is 4.99 Å². The van der Waals surface area contributed by atoms with Crippen molar-refractivity contribution < 1.29 is 4.92 Å². The van der Waals surface area contributed by atoms with Gasteiger partial charge < -0.3 is 5.32 Å². The fourth-order valence-corrected chi connectivity index (χ4v) is 2.61. The van der Waals surface area contributed by atoms with Crippen LogP contribution in [0.2, 0.25) is 0 Å². The normalized spacial score (nSPS) is 10.8. The minimum absolute atomic E-state index is 0.0198. The highest BCUT2D eigenvalue weighted by Gasteiger charge is 2.11. The van der Waals surface area contributed by atoms with Gasteiger partial charge in [-0.05, 0) is 64.0 Å². The Morgan fingerprint density at radius 1 is 0.960 bits per heavy atom. The number of hydrogen-bond acceptors (Lipinski definition) is 4. The smallest absolute Gasteiger partial charge is 0.284 e. The van der Waals surface area contributed by atoms with E-state index in [1.165, 1.54) is 6.07 Å². The summed E-state index contributed by atoms with van der Waals surface area (Å²) < 4.78 is 0.450. The SMILES string of the molecule is O=[N+]([O-])c1cc(C=Nc2ccc(Nc3ccccc3)cc2)ccc1Br. The Hall–Kier alpha value is -2.99. The molecule has 3 aromatic carbocycles. The monoisotopic (exact) mass is 395 g/mol. The van der Waals surface area contributed by atoms with Gasteiger partial charge in [-0.15, -0.1) is 0 Å². The average molecular weight is 396 g/mol. The van der Waals surface area contributed by atoms with Crippen molar-refractivity contribution in [3.63, 3.8) is 0 Å². The van der Waals surface area contributed by atoms with Gasteiger partial charge >= 0.3 is 0 Å². The van der Waals surface area contributed by atoms with Crippen molar-refractivity contribution in [2.75, 3.05) is 5.32 Å². The van der Waals surface area contributed by atoms with Crippen LogP contribution in [0.4, 0.5) is 22.7 Å². The van der Waals surface area contributed by atoms with Crippen molar-refractivity contribution in [1.29, 1.82) is 0 Å². The molecule has 5 nitrogen and oxygen atoms in total. The third-order valence-corrected chi connectivity index (χ3v) is 4.13. The molecule has 0 aromatic heterocycles. The van der Waals surface area contributed by atoms with Crippen LogP contribution >= 0.6 is 15.9 Å². The van der Waals surface area contributed by atoms with Gasteiger partial charge in [0.05, 0.1) is 15.1 Å². The lowest BCUT2D eigenvalue weighted by molar-refractivity contribution is -0.385. The number of rotatable bonds is 5. The molecule has 25 heavy (non-hydrogen) atoms. The number of nitro groups is 1. The predicted octanol–water partition coefficient (Wildman–Crippen LogP) is 5.85. The summed E-state index contributed by atoms with van der Waals surface area (Å²) in [6, 6.07) is 22.4. The zero-order valence-corrected chi connectivity index (χ0v) is 14.7. The first-order valence-corrected chi connectivity index (χ1v) is 8.31. The minimum atomic E-state index is -0.425. The molecule has 1 N–H and O–H groups in total. The van der Waals surface area contributed by atoms with Crippen LogP contribution in [-0.2, 0) is 0 Å². The molecule has 0 bridgehead atoms. The van der Waals surface area contributed by atoms with Crippen molar-refractivity contribution in [1.82, 2.24) is 0 Å². The average Bonchev–Trinajstić information content (AvgIpc) is 2.63. The van der Waals surface area contributed by atoms with Crippen LogP contribution < -0.4 is 5.32 Å². The van der Waals surface area contributed by atoms with Crippen molar-refractivity contribution in [2.45, 2.75) is 0 Å². The van der Waals surface area contributed by atoms with Gasteiger partial charge in [0.15, 0.2) is 0 Å². The van der Waals surface area contributed by atoms with E-state index in [4.69, 9.17) is 0 Å². The second kappa shape index (κ2) is 7.72. The molecule has 3 aromatic rings. The number of halogens is 1. The van der Waals surface area contributed by atoms with Gasteiger partial charge in [0.25, 0.3) is 5.69 Å². The molecular formula is C19H14BrN3O2. The molecule has 0 amide bonds. The molecule has 3 rings (SSSR count). The molecular weight excluding hydrogens is 382 g/mol. The standard InChI is InChI=1S/C19H14BrN3O2/c20-18-11-6-14(12-19(18)23(24)25)13-21-15-7-9-17(10-8-15)22-16-4-2-1-3-5-16/h1-13,22H. The lowest BCUT2D eigenvalue weighted by Gasteiger charge is -2.06. The van der Waals surface area contributed by atoms with Crippen molar-refractivity contribution in [3.8, 4) is 0 Å². The highest BCUT2D eigenvalue weighted by atomic mass is 79.9. The van der Waals surface area contributed by atoms with Crippen LogP contribution in [-0.4, -0.2) is 11.1 Å². The van der Waals surface area contributed by atoms with Crippen LogP contribution in [0.25, 0.3) is 0 Å². The molecule has 0 saturated carbocycles.